The predicted molar refractivity (Wildman–Crippen MR) is 72.2 cm³/mol. The molecule has 2 aromatic heterocycles. The van der Waals surface area contributed by atoms with E-state index in [0.29, 0.717) is 12.5 Å². The zero-order valence-corrected chi connectivity index (χ0v) is 11.3. The normalized spacial score (nSPS) is 12.9. The molecule has 0 aliphatic rings. The van der Waals surface area contributed by atoms with E-state index in [1.165, 1.54) is 5.56 Å². The van der Waals surface area contributed by atoms with E-state index in [9.17, 15) is 0 Å². The van der Waals surface area contributed by atoms with Gasteiger partial charge < -0.3 is 10.1 Å². The van der Waals surface area contributed by atoms with Crippen LogP contribution in [0.25, 0.3) is 10.2 Å². The van der Waals surface area contributed by atoms with Gasteiger partial charge >= 0.3 is 0 Å². The maximum Gasteiger partial charge on any atom is 0.147 e. The zero-order valence-electron chi connectivity index (χ0n) is 9.74. The largest absolute Gasteiger partial charge is 0.383 e. The number of ether oxygens (including phenoxy) is 1. The van der Waals surface area contributed by atoms with Crippen molar-refractivity contribution >= 4 is 39.0 Å². The number of fused-ring (bicyclic) bond motifs is 1. The molecule has 92 valence electrons. The number of alkyl halides is 1. The molecule has 2 rings (SSSR count). The van der Waals surface area contributed by atoms with E-state index in [0.717, 1.165) is 16.0 Å². The van der Waals surface area contributed by atoms with Crippen molar-refractivity contribution in [2.24, 2.45) is 0 Å². The van der Waals surface area contributed by atoms with Crippen LogP contribution in [0.3, 0.4) is 0 Å². The number of methoxy groups -OCH3 is 1. The molecule has 17 heavy (non-hydrogen) atoms. The molecule has 1 unspecified atom stereocenters. The number of nitrogens with one attached hydrogen (secondary N) is 1. The van der Waals surface area contributed by atoms with Gasteiger partial charge in [-0.1, -0.05) is 0 Å². The number of anilines is 1. The van der Waals surface area contributed by atoms with Crippen molar-refractivity contribution in [1.82, 2.24) is 9.97 Å². The lowest BCUT2D eigenvalue weighted by molar-refractivity contribution is 0.191. The Hall–Kier alpha value is -0.910. The van der Waals surface area contributed by atoms with Crippen LogP contribution in [0.1, 0.15) is 5.56 Å². The first-order valence-electron chi connectivity index (χ1n) is 5.26. The molecule has 4 nitrogen and oxygen atoms in total. The maximum atomic E-state index is 5.87. The van der Waals surface area contributed by atoms with Crippen molar-refractivity contribution < 1.29 is 4.74 Å². The van der Waals surface area contributed by atoms with Crippen molar-refractivity contribution in [1.29, 1.82) is 0 Å². The molecule has 0 amide bonds. The van der Waals surface area contributed by atoms with E-state index in [1.807, 2.05) is 6.92 Å². The number of hydrogen-bond acceptors (Lipinski definition) is 5. The topological polar surface area (TPSA) is 47.0 Å². The Bertz CT molecular complexity index is 502. The molecule has 0 bridgehead atoms. The molecule has 0 aliphatic carbocycles. The fourth-order valence-electron chi connectivity index (χ4n) is 1.59. The second kappa shape index (κ2) is 5.62. The van der Waals surface area contributed by atoms with Crippen molar-refractivity contribution in [3.63, 3.8) is 0 Å². The van der Waals surface area contributed by atoms with E-state index < -0.39 is 0 Å². The molecule has 2 aromatic rings. The first-order valence-corrected chi connectivity index (χ1v) is 6.68. The zero-order chi connectivity index (χ0) is 12.3. The van der Waals surface area contributed by atoms with Crippen LogP contribution in [-0.2, 0) is 4.74 Å². The number of halogens is 1. The van der Waals surface area contributed by atoms with Crippen LogP contribution in [0.15, 0.2) is 11.7 Å². The van der Waals surface area contributed by atoms with Gasteiger partial charge in [0.1, 0.15) is 12.1 Å². The molecule has 0 radical (unpaired) electrons. The standard InChI is InChI=1S/C11H14ClN3OS/c1-7-5-17-10-9(7)13-6-14-11(10)15-8(3-12)4-16-2/h5-6,8H,3-4H2,1-2H3,(H,13,14,15). The first-order chi connectivity index (χ1) is 8.26. The van der Waals surface area contributed by atoms with Crippen LogP contribution in [0.2, 0.25) is 0 Å². The number of nitrogens with zero attached hydrogens (tertiary/aromatic N) is 2. The van der Waals surface area contributed by atoms with Gasteiger partial charge in [-0.15, -0.1) is 22.9 Å². The van der Waals surface area contributed by atoms with Gasteiger partial charge in [-0.25, -0.2) is 9.97 Å². The fourth-order valence-corrected chi connectivity index (χ4v) is 2.71. The van der Waals surface area contributed by atoms with E-state index >= 15 is 0 Å². The molecule has 0 spiro atoms. The monoisotopic (exact) mass is 271 g/mol. The second-order valence-corrected chi connectivity index (χ2v) is 4.96. The smallest absolute Gasteiger partial charge is 0.147 e. The van der Waals surface area contributed by atoms with Crippen molar-refractivity contribution in [3.05, 3.63) is 17.3 Å². The van der Waals surface area contributed by atoms with Gasteiger partial charge in [0.25, 0.3) is 0 Å². The Kier molecular flexibility index (Phi) is 4.15. The molecular weight excluding hydrogens is 258 g/mol. The third-order valence-corrected chi connectivity index (χ3v) is 3.89. The highest BCUT2D eigenvalue weighted by Gasteiger charge is 2.12. The molecule has 0 saturated carbocycles. The van der Waals surface area contributed by atoms with Crippen molar-refractivity contribution in [2.45, 2.75) is 13.0 Å². The van der Waals surface area contributed by atoms with Crippen LogP contribution < -0.4 is 5.32 Å². The number of hydrogen-bond donors (Lipinski definition) is 1. The molecule has 0 aliphatic heterocycles. The van der Waals surface area contributed by atoms with E-state index in [2.05, 4.69) is 20.7 Å². The van der Waals surface area contributed by atoms with E-state index in [-0.39, 0.29) is 6.04 Å². The minimum Gasteiger partial charge on any atom is -0.383 e. The summed E-state index contributed by atoms with van der Waals surface area (Å²) in [5.41, 5.74) is 2.17. The lowest BCUT2D eigenvalue weighted by Crippen LogP contribution is -2.27. The van der Waals surface area contributed by atoms with E-state index in [1.54, 1.807) is 24.8 Å². The van der Waals surface area contributed by atoms with Gasteiger partial charge in [-0.3, -0.25) is 0 Å². The van der Waals surface area contributed by atoms with Gasteiger partial charge in [0.15, 0.2) is 0 Å². The summed E-state index contributed by atoms with van der Waals surface area (Å²) in [6.45, 7) is 2.60. The maximum absolute atomic E-state index is 5.87. The minimum atomic E-state index is 0.0576. The summed E-state index contributed by atoms with van der Waals surface area (Å²) in [4.78, 5) is 8.54. The summed E-state index contributed by atoms with van der Waals surface area (Å²) < 4.78 is 6.16. The van der Waals surface area contributed by atoms with Crippen molar-refractivity contribution in [3.8, 4) is 0 Å². The van der Waals surface area contributed by atoms with Crippen molar-refractivity contribution in [2.75, 3.05) is 24.9 Å². The molecule has 0 fully saturated rings. The van der Waals surface area contributed by atoms with Gasteiger partial charge in [-0.05, 0) is 17.9 Å². The molecule has 0 saturated heterocycles. The van der Waals surface area contributed by atoms with Crippen LogP contribution in [0.4, 0.5) is 5.82 Å². The van der Waals surface area contributed by atoms with Crippen LogP contribution in [-0.4, -0.2) is 35.6 Å². The highest BCUT2D eigenvalue weighted by atomic mass is 35.5. The summed E-state index contributed by atoms with van der Waals surface area (Å²) in [6, 6.07) is 0.0576. The number of thiophene rings is 1. The van der Waals surface area contributed by atoms with Gasteiger partial charge in [0.2, 0.25) is 0 Å². The van der Waals surface area contributed by atoms with Crippen LogP contribution in [0, 0.1) is 6.92 Å². The predicted octanol–water partition coefficient (Wildman–Crippen LogP) is 2.67. The Balaban J connectivity index is 2.29. The molecule has 6 heteroatoms. The summed E-state index contributed by atoms with van der Waals surface area (Å²) in [7, 11) is 1.66. The minimum absolute atomic E-state index is 0.0576. The van der Waals surface area contributed by atoms with Crippen LogP contribution >= 0.6 is 22.9 Å². The van der Waals surface area contributed by atoms with Crippen LogP contribution in [0.5, 0.6) is 0 Å². The highest BCUT2D eigenvalue weighted by Crippen LogP contribution is 2.28. The Labute approximate surface area is 109 Å². The fraction of sp³-hybridized carbons (Fsp3) is 0.455. The third-order valence-electron chi connectivity index (χ3n) is 2.43. The Morgan fingerprint density at radius 2 is 2.35 bits per heavy atom. The lowest BCUT2D eigenvalue weighted by Gasteiger charge is -2.15. The summed E-state index contributed by atoms with van der Waals surface area (Å²) >= 11 is 7.51. The summed E-state index contributed by atoms with van der Waals surface area (Å²) in [5, 5.41) is 5.37. The molecule has 2 heterocycles. The third kappa shape index (κ3) is 2.68. The lowest BCUT2D eigenvalue weighted by atomic mass is 10.3. The Morgan fingerprint density at radius 1 is 1.53 bits per heavy atom. The van der Waals surface area contributed by atoms with Gasteiger partial charge in [-0.2, -0.15) is 0 Å². The molecule has 0 aromatic carbocycles. The SMILES string of the molecule is COCC(CCl)Nc1ncnc2c(C)csc12. The van der Waals surface area contributed by atoms with Gasteiger partial charge in [0.05, 0.1) is 22.9 Å². The summed E-state index contributed by atoms with van der Waals surface area (Å²) in [5.74, 6) is 1.31. The molecular formula is C11H14ClN3OS. The summed E-state index contributed by atoms with van der Waals surface area (Å²) in [6.07, 6.45) is 1.57. The molecule has 1 N–H and O–H groups in total. The average Bonchev–Trinajstić information content (AvgIpc) is 2.72. The number of rotatable bonds is 5. The van der Waals surface area contributed by atoms with Gasteiger partial charge in [0, 0.05) is 13.0 Å². The Morgan fingerprint density at radius 3 is 3.06 bits per heavy atom. The quantitative estimate of drug-likeness (QED) is 0.850. The number of aryl methyl sites for hydroxylation is 1. The first kappa shape index (κ1) is 12.5. The highest BCUT2D eigenvalue weighted by molar-refractivity contribution is 7.18. The second-order valence-electron chi connectivity index (χ2n) is 3.77. The van der Waals surface area contributed by atoms with E-state index in [4.69, 9.17) is 16.3 Å². The molecule has 1 atom stereocenters. The number of aromatic nitrogens is 2. The average molecular weight is 272 g/mol.